The van der Waals surface area contributed by atoms with Gasteiger partial charge < -0.3 is 10.1 Å². The summed E-state index contributed by atoms with van der Waals surface area (Å²) in [6.07, 6.45) is 2.53. The van der Waals surface area contributed by atoms with Crippen LogP contribution in [0.4, 0.5) is 0 Å². The predicted molar refractivity (Wildman–Crippen MR) is 90.5 cm³/mol. The summed E-state index contributed by atoms with van der Waals surface area (Å²) in [6, 6.07) is 12.0. The third-order valence-corrected chi connectivity index (χ3v) is 4.54. The lowest BCUT2D eigenvalue weighted by atomic mass is 10.2. The predicted octanol–water partition coefficient (Wildman–Crippen LogP) is 5.80. The Bertz CT molecular complexity index is 659. The van der Waals surface area contributed by atoms with E-state index in [0.29, 0.717) is 21.8 Å². The highest BCUT2D eigenvalue weighted by Crippen LogP contribution is 2.33. The molecule has 0 heterocycles. The SMILES string of the molecule is Clc1ccc(Oc2cc(Br)ccc2CNC2CC2)cc1Cl. The van der Waals surface area contributed by atoms with E-state index in [1.165, 1.54) is 12.8 Å². The molecule has 0 amide bonds. The molecule has 0 spiro atoms. The lowest BCUT2D eigenvalue weighted by molar-refractivity contribution is 0.472. The summed E-state index contributed by atoms with van der Waals surface area (Å²) in [7, 11) is 0. The smallest absolute Gasteiger partial charge is 0.133 e. The standard InChI is InChI=1S/C16H14BrCl2NO/c17-11-2-1-10(9-20-12-3-4-12)16(7-11)21-13-5-6-14(18)15(19)8-13/h1-2,5-8,12,20H,3-4,9H2. The van der Waals surface area contributed by atoms with Gasteiger partial charge in [0.1, 0.15) is 11.5 Å². The Morgan fingerprint density at radius 2 is 1.90 bits per heavy atom. The van der Waals surface area contributed by atoms with Crippen molar-refractivity contribution in [2.24, 2.45) is 0 Å². The minimum Gasteiger partial charge on any atom is -0.457 e. The summed E-state index contributed by atoms with van der Waals surface area (Å²) >= 11 is 15.4. The summed E-state index contributed by atoms with van der Waals surface area (Å²) in [6.45, 7) is 0.800. The van der Waals surface area contributed by atoms with E-state index in [9.17, 15) is 0 Å². The van der Waals surface area contributed by atoms with Gasteiger partial charge in [0.2, 0.25) is 0 Å². The topological polar surface area (TPSA) is 21.3 Å². The fourth-order valence-corrected chi connectivity index (χ4v) is 2.61. The van der Waals surface area contributed by atoms with E-state index in [2.05, 4.69) is 27.3 Å². The van der Waals surface area contributed by atoms with Crippen LogP contribution in [0.3, 0.4) is 0 Å². The molecule has 0 unspecified atom stereocenters. The number of benzene rings is 2. The van der Waals surface area contributed by atoms with E-state index >= 15 is 0 Å². The van der Waals surface area contributed by atoms with Gasteiger partial charge in [0.15, 0.2) is 0 Å². The minimum atomic E-state index is 0.488. The van der Waals surface area contributed by atoms with Crippen LogP contribution >= 0.6 is 39.1 Å². The highest BCUT2D eigenvalue weighted by molar-refractivity contribution is 9.10. The number of nitrogens with one attached hydrogen (secondary N) is 1. The van der Waals surface area contributed by atoms with E-state index in [1.807, 2.05) is 18.2 Å². The molecular weight excluding hydrogens is 373 g/mol. The first kappa shape index (κ1) is 15.2. The molecule has 21 heavy (non-hydrogen) atoms. The van der Waals surface area contributed by atoms with Gasteiger partial charge in [0, 0.05) is 28.7 Å². The zero-order valence-electron chi connectivity index (χ0n) is 11.2. The van der Waals surface area contributed by atoms with Gasteiger partial charge in [-0.3, -0.25) is 0 Å². The lowest BCUT2D eigenvalue weighted by Crippen LogP contribution is -2.15. The molecule has 0 aliphatic heterocycles. The summed E-state index contributed by atoms with van der Waals surface area (Å²) in [5, 5.41) is 4.51. The van der Waals surface area contributed by atoms with Gasteiger partial charge in [-0.25, -0.2) is 0 Å². The minimum absolute atomic E-state index is 0.488. The molecule has 3 rings (SSSR count). The maximum Gasteiger partial charge on any atom is 0.133 e. The Labute approximate surface area is 142 Å². The van der Waals surface area contributed by atoms with Crippen LogP contribution in [0.5, 0.6) is 11.5 Å². The maximum absolute atomic E-state index is 6.03. The van der Waals surface area contributed by atoms with Gasteiger partial charge in [-0.2, -0.15) is 0 Å². The van der Waals surface area contributed by atoms with Gasteiger partial charge in [-0.15, -0.1) is 0 Å². The molecule has 0 saturated heterocycles. The number of ether oxygens (including phenoxy) is 1. The van der Waals surface area contributed by atoms with Crippen molar-refractivity contribution in [2.45, 2.75) is 25.4 Å². The molecule has 1 saturated carbocycles. The van der Waals surface area contributed by atoms with Crippen LogP contribution in [0.15, 0.2) is 40.9 Å². The van der Waals surface area contributed by atoms with E-state index < -0.39 is 0 Å². The van der Waals surface area contributed by atoms with E-state index in [-0.39, 0.29) is 0 Å². The van der Waals surface area contributed by atoms with Crippen molar-refractivity contribution < 1.29 is 4.74 Å². The van der Waals surface area contributed by atoms with Crippen molar-refractivity contribution in [2.75, 3.05) is 0 Å². The molecule has 0 radical (unpaired) electrons. The van der Waals surface area contributed by atoms with Crippen molar-refractivity contribution in [1.29, 1.82) is 0 Å². The number of rotatable bonds is 5. The normalized spacial score (nSPS) is 14.2. The third kappa shape index (κ3) is 4.13. The molecule has 2 aromatic carbocycles. The highest BCUT2D eigenvalue weighted by atomic mass is 79.9. The molecule has 2 nitrogen and oxygen atoms in total. The fraction of sp³-hybridized carbons (Fsp3) is 0.250. The van der Waals surface area contributed by atoms with Crippen molar-refractivity contribution >= 4 is 39.1 Å². The maximum atomic E-state index is 6.03. The molecule has 0 bridgehead atoms. The van der Waals surface area contributed by atoms with Crippen LogP contribution in [-0.2, 0) is 6.54 Å². The largest absolute Gasteiger partial charge is 0.457 e. The highest BCUT2D eigenvalue weighted by Gasteiger charge is 2.20. The molecule has 1 aliphatic rings. The Balaban J connectivity index is 1.81. The zero-order valence-corrected chi connectivity index (χ0v) is 14.3. The van der Waals surface area contributed by atoms with Gasteiger partial charge >= 0.3 is 0 Å². The summed E-state index contributed by atoms with van der Waals surface area (Å²) in [5.41, 5.74) is 1.12. The van der Waals surface area contributed by atoms with Crippen LogP contribution < -0.4 is 10.1 Å². The first-order chi connectivity index (χ1) is 10.1. The summed E-state index contributed by atoms with van der Waals surface area (Å²) in [5.74, 6) is 1.49. The van der Waals surface area contributed by atoms with Gasteiger partial charge in [-0.1, -0.05) is 45.2 Å². The van der Waals surface area contributed by atoms with Crippen molar-refractivity contribution in [3.8, 4) is 11.5 Å². The van der Waals surface area contributed by atoms with E-state index in [4.69, 9.17) is 27.9 Å². The number of hydrogen-bond donors (Lipinski definition) is 1. The quantitative estimate of drug-likeness (QED) is 0.700. The van der Waals surface area contributed by atoms with Crippen LogP contribution in [0.1, 0.15) is 18.4 Å². The summed E-state index contributed by atoms with van der Waals surface area (Å²) in [4.78, 5) is 0. The van der Waals surface area contributed by atoms with Gasteiger partial charge in [-0.05, 0) is 37.1 Å². The molecule has 110 valence electrons. The van der Waals surface area contributed by atoms with Gasteiger partial charge in [0.25, 0.3) is 0 Å². The molecule has 1 aliphatic carbocycles. The average molecular weight is 387 g/mol. The second kappa shape index (κ2) is 6.57. The Morgan fingerprint density at radius 3 is 2.62 bits per heavy atom. The first-order valence-corrected chi connectivity index (χ1v) is 8.31. The average Bonchev–Trinajstić information content (AvgIpc) is 3.26. The summed E-state index contributed by atoms with van der Waals surface area (Å²) < 4.78 is 6.95. The van der Waals surface area contributed by atoms with E-state index in [1.54, 1.807) is 12.1 Å². The molecular formula is C16H14BrCl2NO. The number of hydrogen-bond acceptors (Lipinski definition) is 2. The molecule has 1 fully saturated rings. The lowest BCUT2D eigenvalue weighted by Gasteiger charge is -2.13. The van der Waals surface area contributed by atoms with E-state index in [0.717, 1.165) is 22.3 Å². The molecule has 0 aromatic heterocycles. The van der Waals surface area contributed by atoms with Gasteiger partial charge in [0.05, 0.1) is 10.0 Å². The zero-order chi connectivity index (χ0) is 14.8. The second-order valence-electron chi connectivity index (χ2n) is 5.09. The first-order valence-electron chi connectivity index (χ1n) is 6.76. The monoisotopic (exact) mass is 385 g/mol. The fourth-order valence-electron chi connectivity index (χ4n) is 1.98. The van der Waals surface area contributed by atoms with Crippen molar-refractivity contribution in [3.63, 3.8) is 0 Å². The number of halogens is 3. The Kier molecular flexibility index (Phi) is 4.75. The van der Waals surface area contributed by atoms with Crippen molar-refractivity contribution in [1.82, 2.24) is 5.32 Å². The molecule has 1 N–H and O–H groups in total. The van der Waals surface area contributed by atoms with Crippen molar-refractivity contribution in [3.05, 3.63) is 56.5 Å². The second-order valence-corrected chi connectivity index (χ2v) is 6.82. The molecule has 2 aromatic rings. The Hall–Kier alpha value is -0.740. The van der Waals surface area contributed by atoms with Crippen LogP contribution in [-0.4, -0.2) is 6.04 Å². The molecule has 5 heteroatoms. The molecule has 0 atom stereocenters. The Morgan fingerprint density at radius 1 is 1.10 bits per heavy atom. The van der Waals surface area contributed by atoms with Crippen LogP contribution in [0.2, 0.25) is 10.0 Å². The van der Waals surface area contributed by atoms with Crippen LogP contribution in [0.25, 0.3) is 0 Å². The third-order valence-electron chi connectivity index (χ3n) is 3.31. The van der Waals surface area contributed by atoms with Crippen LogP contribution in [0, 0.1) is 0 Å².